The van der Waals surface area contributed by atoms with Gasteiger partial charge in [-0.25, -0.2) is 4.79 Å². The number of hydrogen-bond donors (Lipinski definition) is 2. The van der Waals surface area contributed by atoms with Gasteiger partial charge in [0.1, 0.15) is 5.54 Å². The molecule has 1 spiro atoms. The summed E-state index contributed by atoms with van der Waals surface area (Å²) in [6.07, 6.45) is 2.24. The van der Waals surface area contributed by atoms with Gasteiger partial charge in [0.15, 0.2) is 5.78 Å². The average Bonchev–Trinajstić information content (AvgIpc) is 3.01. The number of hydrogen-bond acceptors (Lipinski definition) is 3. The molecule has 2 atom stereocenters. The Morgan fingerprint density at radius 1 is 1.21 bits per heavy atom. The molecule has 0 bridgehead atoms. The standard InChI is InChI=1S/C22H27N3O3/c1-13-9-21(3,4)12-22(10-13)19(27)25(20(28)24-22)11-17(26)18-14(2)23-16-8-6-5-7-15(16)18/h5-8,13,23H,9-12H2,1-4H3,(H,24,28)/t13-,22-/m1/s1. The van der Waals surface area contributed by atoms with Crippen molar-refractivity contribution in [1.82, 2.24) is 15.2 Å². The third-order valence-electron chi connectivity index (χ3n) is 6.10. The number of fused-ring (bicyclic) bond motifs is 1. The van der Waals surface area contributed by atoms with E-state index in [9.17, 15) is 14.4 Å². The van der Waals surface area contributed by atoms with Crippen molar-refractivity contribution in [1.29, 1.82) is 0 Å². The van der Waals surface area contributed by atoms with E-state index in [2.05, 4.69) is 31.1 Å². The molecule has 28 heavy (non-hydrogen) atoms. The first-order valence-electron chi connectivity index (χ1n) is 9.86. The molecule has 1 saturated carbocycles. The fraction of sp³-hybridized carbons (Fsp3) is 0.500. The summed E-state index contributed by atoms with van der Waals surface area (Å²) in [4.78, 5) is 43.3. The highest BCUT2D eigenvalue weighted by Crippen LogP contribution is 2.46. The van der Waals surface area contributed by atoms with E-state index in [4.69, 9.17) is 0 Å². The Kier molecular flexibility index (Phi) is 4.14. The zero-order valence-electron chi connectivity index (χ0n) is 16.9. The highest BCUT2D eigenvalue weighted by Gasteiger charge is 2.56. The Balaban J connectivity index is 1.62. The smallest absolute Gasteiger partial charge is 0.325 e. The zero-order valence-corrected chi connectivity index (χ0v) is 16.9. The number of ketones is 1. The third kappa shape index (κ3) is 2.91. The van der Waals surface area contributed by atoms with Crippen molar-refractivity contribution in [3.05, 3.63) is 35.5 Å². The van der Waals surface area contributed by atoms with Gasteiger partial charge in [-0.1, -0.05) is 39.0 Å². The maximum atomic E-state index is 13.3. The van der Waals surface area contributed by atoms with Gasteiger partial charge >= 0.3 is 6.03 Å². The molecule has 0 radical (unpaired) electrons. The maximum absolute atomic E-state index is 13.3. The molecule has 6 nitrogen and oxygen atoms in total. The quantitative estimate of drug-likeness (QED) is 0.627. The van der Waals surface area contributed by atoms with Crippen molar-refractivity contribution in [2.24, 2.45) is 11.3 Å². The molecule has 2 N–H and O–H groups in total. The number of aromatic amines is 1. The molecule has 6 heteroatoms. The van der Waals surface area contributed by atoms with E-state index >= 15 is 0 Å². The fourth-order valence-electron chi connectivity index (χ4n) is 5.51. The third-order valence-corrected chi connectivity index (χ3v) is 6.10. The maximum Gasteiger partial charge on any atom is 0.325 e. The topological polar surface area (TPSA) is 82.3 Å². The number of rotatable bonds is 3. The second-order valence-electron chi connectivity index (χ2n) is 9.35. The number of urea groups is 1. The Labute approximate surface area is 164 Å². The Bertz CT molecular complexity index is 990. The fourth-order valence-corrected chi connectivity index (χ4v) is 5.51. The number of amides is 3. The lowest BCUT2D eigenvalue weighted by Gasteiger charge is -2.43. The minimum atomic E-state index is -0.881. The zero-order chi connectivity index (χ0) is 20.3. The van der Waals surface area contributed by atoms with Gasteiger partial charge in [-0.05, 0) is 43.6 Å². The van der Waals surface area contributed by atoms with E-state index in [0.717, 1.165) is 27.9 Å². The van der Waals surface area contributed by atoms with Gasteiger partial charge in [0.2, 0.25) is 0 Å². The summed E-state index contributed by atoms with van der Waals surface area (Å²) in [7, 11) is 0. The van der Waals surface area contributed by atoms with E-state index in [-0.39, 0.29) is 23.7 Å². The van der Waals surface area contributed by atoms with Crippen molar-refractivity contribution in [3.8, 4) is 0 Å². The number of nitrogens with one attached hydrogen (secondary N) is 2. The van der Waals surface area contributed by atoms with Crippen LogP contribution in [0.4, 0.5) is 4.79 Å². The molecule has 1 aliphatic carbocycles. The normalized spacial score (nSPS) is 26.9. The number of para-hydroxylation sites is 1. The first-order valence-corrected chi connectivity index (χ1v) is 9.86. The van der Waals surface area contributed by atoms with Crippen molar-refractivity contribution in [3.63, 3.8) is 0 Å². The lowest BCUT2D eigenvalue weighted by atomic mass is 9.64. The van der Waals surface area contributed by atoms with Gasteiger partial charge < -0.3 is 10.3 Å². The molecular formula is C22H27N3O3. The van der Waals surface area contributed by atoms with Crippen LogP contribution in [0.15, 0.2) is 24.3 Å². The summed E-state index contributed by atoms with van der Waals surface area (Å²) in [5.41, 5.74) is 1.26. The molecule has 2 fully saturated rings. The molecular weight excluding hydrogens is 354 g/mol. The molecule has 4 rings (SSSR count). The van der Waals surface area contributed by atoms with Crippen LogP contribution in [0.3, 0.4) is 0 Å². The summed E-state index contributed by atoms with van der Waals surface area (Å²) in [6.45, 7) is 7.99. The molecule has 148 valence electrons. The Morgan fingerprint density at radius 3 is 2.64 bits per heavy atom. The van der Waals surface area contributed by atoms with Crippen LogP contribution >= 0.6 is 0 Å². The number of imide groups is 1. The minimum Gasteiger partial charge on any atom is -0.358 e. The highest BCUT2D eigenvalue weighted by atomic mass is 16.2. The molecule has 1 aromatic heterocycles. The molecule has 1 aliphatic heterocycles. The first kappa shape index (κ1) is 18.7. The molecule has 2 aromatic rings. The van der Waals surface area contributed by atoms with Crippen LogP contribution in [0.2, 0.25) is 0 Å². The predicted molar refractivity (Wildman–Crippen MR) is 107 cm³/mol. The van der Waals surface area contributed by atoms with Crippen LogP contribution in [0, 0.1) is 18.3 Å². The van der Waals surface area contributed by atoms with Crippen molar-refractivity contribution < 1.29 is 14.4 Å². The van der Waals surface area contributed by atoms with Crippen LogP contribution in [0.25, 0.3) is 10.9 Å². The van der Waals surface area contributed by atoms with E-state index in [1.165, 1.54) is 0 Å². The van der Waals surface area contributed by atoms with E-state index in [1.54, 1.807) is 0 Å². The summed E-state index contributed by atoms with van der Waals surface area (Å²) < 4.78 is 0. The summed E-state index contributed by atoms with van der Waals surface area (Å²) in [6, 6.07) is 7.11. The van der Waals surface area contributed by atoms with Crippen LogP contribution in [-0.4, -0.2) is 39.7 Å². The summed E-state index contributed by atoms with van der Waals surface area (Å²) >= 11 is 0. The van der Waals surface area contributed by atoms with Crippen molar-refractivity contribution >= 4 is 28.6 Å². The Hall–Kier alpha value is -2.63. The molecule has 0 unspecified atom stereocenters. The largest absolute Gasteiger partial charge is 0.358 e. The lowest BCUT2D eigenvalue weighted by Crippen LogP contribution is -2.54. The Morgan fingerprint density at radius 2 is 1.93 bits per heavy atom. The number of aromatic nitrogens is 1. The number of aryl methyl sites for hydroxylation is 1. The van der Waals surface area contributed by atoms with E-state index in [1.807, 2.05) is 31.2 Å². The van der Waals surface area contributed by atoms with Gasteiger partial charge in [0.25, 0.3) is 5.91 Å². The number of carbonyl (C=O) groups is 3. The number of benzene rings is 1. The second kappa shape index (κ2) is 6.19. The first-order chi connectivity index (χ1) is 13.1. The minimum absolute atomic E-state index is 0.0337. The van der Waals surface area contributed by atoms with Gasteiger partial charge in [-0.3, -0.25) is 14.5 Å². The predicted octanol–water partition coefficient (Wildman–Crippen LogP) is 3.80. The van der Waals surface area contributed by atoms with E-state index < -0.39 is 11.6 Å². The van der Waals surface area contributed by atoms with E-state index in [0.29, 0.717) is 24.3 Å². The van der Waals surface area contributed by atoms with Crippen LogP contribution in [0.1, 0.15) is 56.1 Å². The van der Waals surface area contributed by atoms with Gasteiger partial charge in [-0.2, -0.15) is 0 Å². The summed E-state index contributed by atoms with van der Waals surface area (Å²) in [5, 5.41) is 3.75. The average molecular weight is 381 g/mol. The van der Waals surface area contributed by atoms with Crippen molar-refractivity contribution in [2.45, 2.75) is 52.5 Å². The van der Waals surface area contributed by atoms with Crippen LogP contribution < -0.4 is 5.32 Å². The van der Waals surface area contributed by atoms with Gasteiger partial charge in [0.05, 0.1) is 6.54 Å². The molecule has 1 saturated heterocycles. The SMILES string of the molecule is Cc1[nH]c2ccccc2c1C(=O)CN1C(=O)N[C@@]2(C[C@H](C)CC(C)(C)C2)C1=O. The molecule has 1 aromatic carbocycles. The van der Waals surface area contributed by atoms with Crippen molar-refractivity contribution in [2.75, 3.05) is 6.54 Å². The lowest BCUT2D eigenvalue weighted by molar-refractivity contribution is -0.134. The number of H-pyrrole nitrogens is 1. The van der Waals surface area contributed by atoms with Gasteiger partial charge in [0, 0.05) is 22.2 Å². The molecule has 3 amide bonds. The van der Waals surface area contributed by atoms with Crippen LogP contribution in [-0.2, 0) is 4.79 Å². The van der Waals surface area contributed by atoms with Gasteiger partial charge in [-0.15, -0.1) is 0 Å². The second-order valence-corrected chi connectivity index (χ2v) is 9.35. The highest BCUT2D eigenvalue weighted by molar-refractivity contribution is 6.15. The van der Waals surface area contributed by atoms with Crippen LogP contribution in [0.5, 0.6) is 0 Å². The molecule has 2 aliphatic rings. The summed E-state index contributed by atoms with van der Waals surface area (Å²) in [5.74, 6) is -0.152. The number of nitrogens with zero attached hydrogens (tertiary/aromatic N) is 1. The molecule has 2 heterocycles. The monoisotopic (exact) mass is 381 g/mol. The number of Topliss-reactive ketones (excluding diaryl/α,β-unsaturated/α-hetero) is 1. The number of carbonyl (C=O) groups excluding carboxylic acids is 3.